The topological polar surface area (TPSA) is 90.0 Å². The quantitative estimate of drug-likeness (QED) is 0.478. The highest BCUT2D eigenvalue weighted by Crippen LogP contribution is 2.24. The standard InChI is InChI=1S/C27H37FN4O4S/c1-4-24(27(34)29-22-15-9-6-10-16-22)31(19-21-13-7-5-8-14-21)26(33)20-32(37(35,36)30(2)3)25-18-12-11-17-23(25)28/h5,7-8,11-14,17-18,22,24H,4,6,9-10,15-16,19-20H2,1-3H3,(H,29,34)/t24-/m0/s1. The SMILES string of the molecule is CC[C@@H](C(=O)NC1CCCCC1)N(Cc1ccccc1)C(=O)CN(c1ccccc1F)S(=O)(=O)N(C)C. The Hall–Kier alpha value is -2.98. The molecule has 37 heavy (non-hydrogen) atoms. The van der Waals surface area contributed by atoms with Crippen molar-refractivity contribution in [3.63, 3.8) is 0 Å². The van der Waals surface area contributed by atoms with Crippen LogP contribution in [0.3, 0.4) is 0 Å². The molecule has 0 heterocycles. The predicted molar refractivity (Wildman–Crippen MR) is 142 cm³/mol. The first-order valence-corrected chi connectivity index (χ1v) is 14.1. The van der Waals surface area contributed by atoms with Gasteiger partial charge < -0.3 is 10.2 Å². The first-order chi connectivity index (χ1) is 17.6. The summed E-state index contributed by atoms with van der Waals surface area (Å²) in [6.07, 6.45) is 5.39. The van der Waals surface area contributed by atoms with Crippen molar-refractivity contribution >= 4 is 27.7 Å². The molecule has 0 unspecified atom stereocenters. The van der Waals surface area contributed by atoms with Gasteiger partial charge in [0.15, 0.2) is 0 Å². The van der Waals surface area contributed by atoms with E-state index in [0.717, 1.165) is 52.3 Å². The number of nitrogens with zero attached hydrogens (tertiary/aromatic N) is 3. The van der Waals surface area contributed by atoms with Crippen molar-refractivity contribution in [2.24, 2.45) is 0 Å². The Balaban J connectivity index is 1.95. The van der Waals surface area contributed by atoms with Crippen LogP contribution in [-0.2, 0) is 26.3 Å². The first-order valence-electron chi connectivity index (χ1n) is 12.7. The highest BCUT2D eigenvalue weighted by molar-refractivity contribution is 7.90. The molecule has 0 radical (unpaired) electrons. The lowest BCUT2D eigenvalue weighted by atomic mass is 9.95. The molecule has 1 N–H and O–H groups in total. The van der Waals surface area contributed by atoms with Crippen molar-refractivity contribution in [2.45, 2.75) is 64.1 Å². The molecule has 0 bridgehead atoms. The van der Waals surface area contributed by atoms with Crippen LogP contribution in [0.25, 0.3) is 0 Å². The molecule has 0 aromatic heterocycles. The highest BCUT2D eigenvalue weighted by Gasteiger charge is 2.35. The van der Waals surface area contributed by atoms with Crippen LogP contribution >= 0.6 is 0 Å². The zero-order valence-electron chi connectivity index (χ0n) is 21.8. The predicted octanol–water partition coefficient (Wildman–Crippen LogP) is 3.69. The molecule has 0 aliphatic heterocycles. The summed E-state index contributed by atoms with van der Waals surface area (Å²) in [7, 11) is -1.57. The third-order valence-electron chi connectivity index (χ3n) is 6.67. The lowest BCUT2D eigenvalue weighted by Crippen LogP contribution is -2.54. The van der Waals surface area contributed by atoms with Gasteiger partial charge in [-0.3, -0.25) is 9.59 Å². The summed E-state index contributed by atoms with van der Waals surface area (Å²) in [4.78, 5) is 28.6. The average molecular weight is 533 g/mol. The lowest BCUT2D eigenvalue weighted by Gasteiger charge is -2.35. The number of halogens is 1. The van der Waals surface area contributed by atoms with Gasteiger partial charge in [0.25, 0.3) is 0 Å². The molecule has 0 spiro atoms. The van der Waals surface area contributed by atoms with Gasteiger partial charge in [-0.15, -0.1) is 0 Å². The second kappa shape index (κ2) is 13.0. The van der Waals surface area contributed by atoms with E-state index in [2.05, 4.69) is 5.32 Å². The molecule has 1 atom stereocenters. The summed E-state index contributed by atoms with van der Waals surface area (Å²) < 4.78 is 42.8. The van der Waals surface area contributed by atoms with Crippen molar-refractivity contribution < 1.29 is 22.4 Å². The number of anilines is 1. The zero-order chi connectivity index (χ0) is 27.0. The summed E-state index contributed by atoms with van der Waals surface area (Å²) in [6, 6.07) is 13.9. The van der Waals surface area contributed by atoms with Gasteiger partial charge in [0.1, 0.15) is 18.4 Å². The Morgan fingerprint density at radius 1 is 1.00 bits per heavy atom. The van der Waals surface area contributed by atoms with Crippen molar-refractivity contribution in [3.8, 4) is 0 Å². The molecule has 2 aromatic rings. The van der Waals surface area contributed by atoms with Gasteiger partial charge in [-0.05, 0) is 37.0 Å². The Bertz CT molecular complexity index is 1150. The summed E-state index contributed by atoms with van der Waals surface area (Å²) in [6.45, 7) is 1.28. The van der Waals surface area contributed by atoms with Gasteiger partial charge in [0, 0.05) is 26.7 Å². The monoisotopic (exact) mass is 532 g/mol. The summed E-state index contributed by atoms with van der Waals surface area (Å²) >= 11 is 0. The van der Waals surface area contributed by atoms with E-state index >= 15 is 0 Å². The molecule has 1 fully saturated rings. The molecule has 8 nitrogen and oxygen atoms in total. The van der Waals surface area contributed by atoms with Gasteiger partial charge in [0.05, 0.1) is 5.69 Å². The van der Waals surface area contributed by atoms with Crippen molar-refractivity contribution in [1.29, 1.82) is 0 Å². The van der Waals surface area contributed by atoms with Crippen LogP contribution in [0.2, 0.25) is 0 Å². The van der Waals surface area contributed by atoms with Crippen LogP contribution in [-0.4, -0.2) is 62.2 Å². The van der Waals surface area contributed by atoms with Crippen LogP contribution in [0, 0.1) is 5.82 Å². The lowest BCUT2D eigenvalue weighted by molar-refractivity contribution is -0.140. The number of carbonyl (C=O) groups excluding carboxylic acids is 2. The maximum Gasteiger partial charge on any atom is 0.304 e. The van der Waals surface area contributed by atoms with Crippen LogP contribution < -0.4 is 9.62 Å². The van der Waals surface area contributed by atoms with E-state index in [1.807, 2.05) is 37.3 Å². The molecule has 2 aromatic carbocycles. The molecule has 3 rings (SSSR count). The smallest absolute Gasteiger partial charge is 0.304 e. The minimum atomic E-state index is -4.21. The summed E-state index contributed by atoms with van der Waals surface area (Å²) in [5.41, 5.74) is 0.566. The molecule has 2 amide bonds. The maximum absolute atomic E-state index is 14.7. The van der Waals surface area contributed by atoms with E-state index in [9.17, 15) is 22.4 Å². The van der Waals surface area contributed by atoms with Gasteiger partial charge in [0.2, 0.25) is 11.8 Å². The largest absolute Gasteiger partial charge is 0.352 e. The van der Waals surface area contributed by atoms with E-state index in [-0.39, 0.29) is 24.2 Å². The number of carbonyl (C=O) groups is 2. The van der Waals surface area contributed by atoms with Gasteiger partial charge in [-0.2, -0.15) is 12.7 Å². The van der Waals surface area contributed by atoms with Crippen LogP contribution in [0.1, 0.15) is 51.0 Å². The van der Waals surface area contributed by atoms with Gasteiger partial charge in [-0.25, -0.2) is 8.70 Å². The average Bonchev–Trinajstić information content (AvgIpc) is 2.88. The first kappa shape index (κ1) is 28.6. The van der Waals surface area contributed by atoms with Crippen LogP contribution in [0.4, 0.5) is 10.1 Å². The number of hydrogen-bond donors (Lipinski definition) is 1. The second-order valence-electron chi connectivity index (χ2n) is 9.52. The molecule has 0 saturated heterocycles. The number of rotatable bonds is 11. The molecular weight excluding hydrogens is 495 g/mol. The maximum atomic E-state index is 14.7. The molecule has 1 aliphatic rings. The third-order valence-corrected chi connectivity index (χ3v) is 8.48. The Morgan fingerprint density at radius 2 is 1.62 bits per heavy atom. The zero-order valence-corrected chi connectivity index (χ0v) is 22.6. The van der Waals surface area contributed by atoms with Crippen molar-refractivity contribution in [1.82, 2.24) is 14.5 Å². The summed E-state index contributed by atoms with van der Waals surface area (Å²) in [5, 5.41) is 3.10. The number of nitrogens with one attached hydrogen (secondary N) is 1. The minimum absolute atomic E-state index is 0.0630. The van der Waals surface area contributed by atoms with E-state index in [1.54, 1.807) is 0 Å². The van der Waals surface area contributed by atoms with E-state index < -0.39 is 34.5 Å². The summed E-state index contributed by atoms with van der Waals surface area (Å²) in [5.74, 6) is -1.62. The van der Waals surface area contributed by atoms with E-state index in [1.165, 1.54) is 37.2 Å². The fourth-order valence-corrected chi connectivity index (χ4v) is 5.66. The van der Waals surface area contributed by atoms with Crippen LogP contribution in [0.15, 0.2) is 54.6 Å². The fourth-order valence-electron chi connectivity index (χ4n) is 4.60. The Labute approximate surface area is 219 Å². The fraction of sp³-hybridized carbons (Fsp3) is 0.481. The second-order valence-corrected chi connectivity index (χ2v) is 11.6. The van der Waals surface area contributed by atoms with E-state index in [0.29, 0.717) is 6.42 Å². The number of amides is 2. The van der Waals surface area contributed by atoms with E-state index in [4.69, 9.17) is 0 Å². The molecule has 1 saturated carbocycles. The van der Waals surface area contributed by atoms with Crippen molar-refractivity contribution in [3.05, 3.63) is 66.0 Å². The normalized spacial score (nSPS) is 15.3. The highest BCUT2D eigenvalue weighted by atomic mass is 32.2. The third kappa shape index (κ3) is 7.29. The number of para-hydroxylation sites is 1. The Morgan fingerprint density at radius 3 is 2.22 bits per heavy atom. The molecule has 10 heteroatoms. The minimum Gasteiger partial charge on any atom is -0.352 e. The molecule has 202 valence electrons. The molecule has 1 aliphatic carbocycles. The van der Waals surface area contributed by atoms with Gasteiger partial charge in [-0.1, -0.05) is 68.7 Å². The Kier molecular flexibility index (Phi) is 10.0. The van der Waals surface area contributed by atoms with Crippen LogP contribution in [0.5, 0.6) is 0 Å². The van der Waals surface area contributed by atoms with Gasteiger partial charge >= 0.3 is 10.2 Å². The molecular formula is C27H37FN4O4S. The van der Waals surface area contributed by atoms with Crippen molar-refractivity contribution in [2.75, 3.05) is 24.9 Å². The number of benzene rings is 2. The number of hydrogen-bond acceptors (Lipinski definition) is 4.